The van der Waals surface area contributed by atoms with Gasteiger partial charge in [-0.2, -0.15) is 0 Å². The Hall–Kier alpha value is -3.33. The molecule has 192 valence electrons. The zero-order chi connectivity index (χ0) is 26.0. The number of fused-ring (bicyclic) bond motifs is 1. The van der Waals surface area contributed by atoms with Crippen LogP contribution in [0, 0.1) is 0 Å². The van der Waals surface area contributed by atoms with Crippen molar-refractivity contribution in [2.75, 3.05) is 25.2 Å². The van der Waals surface area contributed by atoms with Crippen molar-refractivity contribution in [1.29, 1.82) is 0 Å². The molecule has 0 amide bonds. The molecule has 0 radical (unpaired) electrons. The average molecular weight is 512 g/mol. The molecule has 4 rings (SSSR count). The maximum atomic E-state index is 13.7. The first-order valence-corrected chi connectivity index (χ1v) is 12.9. The maximum Gasteiger partial charge on any atom is 0.329 e. The second-order valence-corrected chi connectivity index (χ2v) is 10.7. The van der Waals surface area contributed by atoms with Crippen LogP contribution in [0.25, 0.3) is 16.0 Å². The van der Waals surface area contributed by atoms with Crippen molar-refractivity contribution in [3.05, 3.63) is 58.5 Å². The van der Waals surface area contributed by atoms with Crippen LogP contribution >= 0.6 is 11.3 Å². The monoisotopic (exact) mass is 511 g/mol. The summed E-state index contributed by atoms with van der Waals surface area (Å²) in [6.45, 7) is 13.0. The Kier molecular flexibility index (Phi) is 7.40. The van der Waals surface area contributed by atoms with Crippen molar-refractivity contribution in [2.45, 2.75) is 58.7 Å². The van der Waals surface area contributed by atoms with E-state index in [1.54, 1.807) is 11.7 Å². The number of carbonyl (C=O) groups is 1. The molecule has 0 N–H and O–H groups in total. The largest absolute Gasteiger partial charge is 0.497 e. The van der Waals surface area contributed by atoms with Crippen LogP contribution in [0.3, 0.4) is 0 Å². The highest BCUT2D eigenvalue weighted by molar-refractivity contribution is 7.22. The summed E-state index contributed by atoms with van der Waals surface area (Å²) in [5.74, 6) is 0.907. The van der Waals surface area contributed by atoms with Gasteiger partial charge in [0, 0.05) is 6.54 Å². The Morgan fingerprint density at radius 3 is 2.61 bits per heavy atom. The zero-order valence-electron chi connectivity index (χ0n) is 21.5. The first kappa shape index (κ1) is 25.8. The summed E-state index contributed by atoms with van der Waals surface area (Å²) in [6.07, 6.45) is 1.55. The number of anilines is 1. The molecule has 3 heterocycles. The molecule has 0 saturated carbocycles. The van der Waals surface area contributed by atoms with E-state index < -0.39 is 11.6 Å². The predicted octanol–water partition coefficient (Wildman–Crippen LogP) is 4.83. The summed E-state index contributed by atoms with van der Waals surface area (Å²) in [7, 11) is 1.62. The fourth-order valence-corrected chi connectivity index (χ4v) is 5.36. The number of thiazole rings is 1. The van der Waals surface area contributed by atoms with Gasteiger partial charge in [-0.3, -0.25) is 9.36 Å². The van der Waals surface area contributed by atoms with Crippen molar-refractivity contribution in [3.8, 4) is 5.75 Å². The standard InChI is InChI=1S/C27H33N3O5S/c1-7-34-17(2)21-15-22-23(24(31)30(21)16-18-10-12-19(33-6)13-11-18)28-26(36-22)29-14-8-9-20(29)25(32)35-27(3,4)5/h10-13,15,20H,2,7-9,14,16H2,1,3-6H3. The van der Waals surface area contributed by atoms with Crippen molar-refractivity contribution in [3.63, 3.8) is 0 Å². The van der Waals surface area contributed by atoms with E-state index in [1.165, 1.54) is 11.3 Å². The molecule has 0 bridgehead atoms. The van der Waals surface area contributed by atoms with Gasteiger partial charge in [0.25, 0.3) is 5.56 Å². The summed E-state index contributed by atoms with van der Waals surface area (Å²) in [5, 5.41) is 0.644. The molecule has 36 heavy (non-hydrogen) atoms. The first-order valence-electron chi connectivity index (χ1n) is 12.1. The topological polar surface area (TPSA) is 82.9 Å². The van der Waals surface area contributed by atoms with Crippen LogP contribution in [-0.4, -0.2) is 47.4 Å². The zero-order valence-corrected chi connectivity index (χ0v) is 22.3. The van der Waals surface area contributed by atoms with Gasteiger partial charge >= 0.3 is 5.97 Å². The Labute approximate surface area is 215 Å². The fourth-order valence-electron chi connectivity index (χ4n) is 4.29. The van der Waals surface area contributed by atoms with Gasteiger partial charge in [0.05, 0.1) is 30.7 Å². The van der Waals surface area contributed by atoms with E-state index in [1.807, 2.05) is 62.9 Å². The lowest BCUT2D eigenvalue weighted by molar-refractivity contribution is -0.156. The lowest BCUT2D eigenvalue weighted by Gasteiger charge is -2.27. The van der Waals surface area contributed by atoms with E-state index in [2.05, 4.69) is 6.58 Å². The summed E-state index contributed by atoms with van der Waals surface area (Å²) in [6, 6.07) is 9.06. The molecule has 1 saturated heterocycles. The van der Waals surface area contributed by atoms with Gasteiger partial charge in [0.15, 0.2) is 5.13 Å². The number of aromatic nitrogens is 2. The summed E-state index contributed by atoms with van der Waals surface area (Å²) in [4.78, 5) is 33.2. The highest BCUT2D eigenvalue weighted by Crippen LogP contribution is 2.34. The third-order valence-corrected chi connectivity index (χ3v) is 6.97. The summed E-state index contributed by atoms with van der Waals surface area (Å²) in [5.41, 5.74) is 1.11. The van der Waals surface area contributed by atoms with Crippen molar-refractivity contribution in [2.24, 2.45) is 0 Å². The molecule has 1 aliphatic heterocycles. The molecular weight excluding hydrogens is 478 g/mol. The molecule has 0 spiro atoms. The van der Waals surface area contributed by atoms with E-state index in [0.29, 0.717) is 48.2 Å². The number of methoxy groups -OCH3 is 1. The molecule has 3 aromatic rings. The highest BCUT2D eigenvalue weighted by Gasteiger charge is 2.36. The van der Waals surface area contributed by atoms with Gasteiger partial charge in [-0.25, -0.2) is 9.78 Å². The molecule has 1 aliphatic rings. The molecular formula is C27H33N3O5S. The number of esters is 1. The molecule has 1 fully saturated rings. The number of ether oxygens (including phenoxy) is 3. The quantitative estimate of drug-likeness (QED) is 0.316. The Morgan fingerprint density at radius 2 is 1.97 bits per heavy atom. The van der Waals surface area contributed by atoms with Crippen LogP contribution in [0.1, 0.15) is 51.8 Å². The van der Waals surface area contributed by atoms with Crippen LogP contribution < -0.4 is 15.2 Å². The van der Waals surface area contributed by atoms with Gasteiger partial charge in [0.1, 0.15) is 28.7 Å². The van der Waals surface area contributed by atoms with Crippen LogP contribution in [0.4, 0.5) is 5.13 Å². The Bertz CT molecular complexity index is 1320. The van der Waals surface area contributed by atoms with Gasteiger partial charge < -0.3 is 19.1 Å². The Balaban J connectivity index is 1.74. The molecule has 1 unspecified atom stereocenters. The smallest absolute Gasteiger partial charge is 0.329 e. The van der Waals surface area contributed by atoms with Crippen LogP contribution in [-0.2, 0) is 20.8 Å². The van der Waals surface area contributed by atoms with E-state index in [9.17, 15) is 9.59 Å². The molecule has 1 aromatic carbocycles. The molecule has 1 atom stereocenters. The van der Waals surface area contributed by atoms with Gasteiger partial charge in [0.2, 0.25) is 0 Å². The summed E-state index contributed by atoms with van der Waals surface area (Å²) < 4.78 is 18.9. The summed E-state index contributed by atoms with van der Waals surface area (Å²) >= 11 is 1.40. The third kappa shape index (κ3) is 5.41. The second-order valence-electron chi connectivity index (χ2n) is 9.72. The van der Waals surface area contributed by atoms with Crippen molar-refractivity contribution >= 4 is 38.4 Å². The number of pyridine rings is 1. The minimum atomic E-state index is -0.567. The average Bonchev–Trinajstić information content (AvgIpc) is 3.47. The molecule has 9 heteroatoms. The van der Waals surface area contributed by atoms with Crippen molar-refractivity contribution in [1.82, 2.24) is 9.55 Å². The highest BCUT2D eigenvalue weighted by atomic mass is 32.1. The van der Waals surface area contributed by atoms with Gasteiger partial charge in [-0.1, -0.05) is 30.0 Å². The second kappa shape index (κ2) is 10.3. The number of hydrogen-bond acceptors (Lipinski definition) is 8. The van der Waals surface area contributed by atoms with Crippen molar-refractivity contribution < 1.29 is 19.0 Å². The van der Waals surface area contributed by atoms with Crippen LogP contribution in [0.5, 0.6) is 5.75 Å². The SMILES string of the molecule is C=C(OCC)c1cc2sc(N3CCCC3C(=O)OC(C)(C)C)nc2c(=O)n1Cc1ccc(OC)cc1. The lowest BCUT2D eigenvalue weighted by atomic mass is 10.1. The third-order valence-electron chi connectivity index (χ3n) is 5.93. The lowest BCUT2D eigenvalue weighted by Crippen LogP contribution is -2.40. The number of benzene rings is 1. The van der Waals surface area contributed by atoms with E-state index in [0.717, 1.165) is 22.4 Å². The maximum absolute atomic E-state index is 13.7. The Morgan fingerprint density at radius 1 is 1.25 bits per heavy atom. The van der Waals surface area contributed by atoms with E-state index in [-0.39, 0.29) is 11.5 Å². The fraction of sp³-hybridized carbons (Fsp3) is 0.444. The van der Waals surface area contributed by atoms with E-state index in [4.69, 9.17) is 19.2 Å². The van der Waals surface area contributed by atoms with Crippen LogP contribution in [0.15, 0.2) is 41.7 Å². The van der Waals surface area contributed by atoms with E-state index >= 15 is 0 Å². The van der Waals surface area contributed by atoms with Gasteiger partial charge in [-0.15, -0.1) is 0 Å². The normalized spacial score (nSPS) is 15.8. The minimum absolute atomic E-state index is 0.227. The minimum Gasteiger partial charge on any atom is -0.497 e. The number of rotatable bonds is 8. The molecule has 0 aliphatic carbocycles. The number of hydrogen-bond donors (Lipinski definition) is 0. The predicted molar refractivity (Wildman–Crippen MR) is 143 cm³/mol. The molecule has 2 aromatic heterocycles. The first-order chi connectivity index (χ1) is 17.1. The number of carbonyl (C=O) groups excluding carboxylic acids is 1. The van der Waals surface area contributed by atoms with Gasteiger partial charge in [-0.05, 0) is 64.3 Å². The molecule has 8 nitrogen and oxygen atoms in total. The van der Waals surface area contributed by atoms with Crippen LogP contribution in [0.2, 0.25) is 0 Å². The number of nitrogens with zero attached hydrogens (tertiary/aromatic N) is 3.